The van der Waals surface area contributed by atoms with Crippen LogP contribution in [0.3, 0.4) is 0 Å². The number of aromatic nitrogens is 2. The Kier molecular flexibility index (Phi) is 8.45. The van der Waals surface area contributed by atoms with Gasteiger partial charge >= 0.3 is 0 Å². The molecule has 1 aromatic rings. The van der Waals surface area contributed by atoms with Crippen LogP contribution in [0.25, 0.3) is 0 Å². The van der Waals surface area contributed by atoms with Gasteiger partial charge in [0.25, 0.3) is 0 Å². The topological polar surface area (TPSA) is 48.3 Å². The lowest BCUT2D eigenvalue weighted by Crippen LogP contribution is -2.30. The zero-order valence-corrected chi connectivity index (χ0v) is 12.4. The van der Waals surface area contributed by atoms with Crippen molar-refractivity contribution in [2.24, 2.45) is 7.05 Å². The number of aryl methyl sites for hydroxylation is 2. The highest BCUT2D eigenvalue weighted by atomic mass is 16.5. The highest BCUT2D eigenvalue weighted by molar-refractivity contribution is 5.03. The third-order valence-electron chi connectivity index (χ3n) is 3.08. The summed E-state index contributed by atoms with van der Waals surface area (Å²) in [6.45, 7) is 5.27. The summed E-state index contributed by atoms with van der Waals surface area (Å²) in [6.07, 6.45) is 7.24. The fraction of sp³-hybridized carbons (Fsp3) is 0.786. The van der Waals surface area contributed by atoms with Gasteiger partial charge in [0.05, 0.1) is 19.4 Å². The molecule has 1 atom stereocenters. The predicted molar refractivity (Wildman–Crippen MR) is 76.3 cm³/mol. The zero-order chi connectivity index (χ0) is 13.9. The van der Waals surface area contributed by atoms with Crippen molar-refractivity contribution in [2.75, 3.05) is 33.5 Å². The van der Waals surface area contributed by atoms with E-state index in [1.165, 1.54) is 5.56 Å². The number of methoxy groups -OCH3 is 1. The van der Waals surface area contributed by atoms with Gasteiger partial charge < -0.3 is 14.8 Å². The molecule has 0 spiro atoms. The van der Waals surface area contributed by atoms with E-state index in [0.29, 0.717) is 19.3 Å². The van der Waals surface area contributed by atoms with Gasteiger partial charge in [-0.15, -0.1) is 0 Å². The Balaban J connectivity index is 2.19. The highest BCUT2D eigenvalue weighted by Gasteiger charge is 2.08. The first-order valence-corrected chi connectivity index (χ1v) is 7.03. The van der Waals surface area contributed by atoms with Crippen molar-refractivity contribution in [3.8, 4) is 0 Å². The molecule has 1 N–H and O–H groups in total. The van der Waals surface area contributed by atoms with Gasteiger partial charge in [0, 0.05) is 33.0 Å². The molecule has 19 heavy (non-hydrogen) atoms. The number of nitrogens with zero attached hydrogens (tertiary/aromatic N) is 2. The van der Waals surface area contributed by atoms with Crippen molar-refractivity contribution in [2.45, 2.75) is 32.2 Å². The Morgan fingerprint density at radius 1 is 1.32 bits per heavy atom. The van der Waals surface area contributed by atoms with Crippen LogP contribution in [0.5, 0.6) is 0 Å². The summed E-state index contributed by atoms with van der Waals surface area (Å²) in [5.41, 5.74) is 1.30. The summed E-state index contributed by atoms with van der Waals surface area (Å²) in [6, 6.07) is 0.507. The molecule has 0 saturated heterocycles. The molecule has 1 aromatic heterocycles. The molecule has 110 valence electrons. The van der Waals surface area contributed by atoms with Crippen LogP contribution in [0.15, 0.2) is 12.4 Å². The van der Waals surface area contributed by atoms with Crippen molar-refractivity contribution in [1.29, 1.82) is 0 Å². The van der Waals surface area contributed by atoms with Gasteiger partial charge in [0.2, 0.25) is 0 Å². The molecular formula is C14H27N3O2. The molecule has 0 saturated carbocycles. The molecule has 0 bridgehead atoms. The van der Waals surface area contributed by atoms with Gasteiger partial charge in [-0.25, -0.2) is 0 Å². The van der Waals surface area contributed by atoms with E-state index in [4.69, 9.17) is 9.47 Å². The summed E-state index contributed by atoms with van der Waals surface area (Å²) in [4.78, 5) is 0. The standard InChI is InChI=1S/C14H27N3O2/c1-4-15-14(7-8-19-10-9-18-3)6-5-13-11-16-17(2)12-13/h11-12,14-15H,4-10H2,1-3H3. The third kappa shape index (κ3) is 7.30. The number of rotatable bonds is 11. The minimum absolute atomic E-state index is 0.507. The quantitative estimate of drug-likeness (QED) is 0.617. The predicted octanol–water partition coefficient (Wildman–Crippen LogP) is 1.38. The van der Waals surface area contributed by atoms with E-state index in [-0.39, 0.29) is 0 Å². The second-order valence-electron chi connectivity index (χ2n) is 4.71. The number of nitrogens with one attached hydrogen (secondary N) is 1. The average Bonchev–Trinajstić information content (AvgIpc) is 2.81. The van der Waals surface area contributed by atoms with Crippen LogP contribution < -0.4 is 5.32 Å². The first-order valence-electron chi connectivity index (χ1n) is 7.03. The molecule has 1 rings (SSSR count). The van der Waals surface area contributed by atoms with Crippen LogP contribution >= 0.6 is 0 Å². The highest BCUT2D eigenvalue weighted by Crippen LogP contribution is 2.07. The van der Waals surface area contributed by atoms with E-state index in [1.807, 2.05) is 17.9 Å². The van der Waals surface area contributed by atoms with Crippen LogP contribution in [-0.2, 0) is 22.9 Å². The Labute approximate surface area is 116 Å². The lowest BCUT2D eigenvalue weighted by molar-refractivity contribution is 0.0655. The summed E-state index contributed by atoms with van der Waals surface area (Å²) in [7, 11) is 3.65. The zero-order valence-electron chi connectivity index (χ0n) is 12.4. The molecule has 1 unspecified atom stereocenters. The molecule has 0 aliphatic carbocycles. The number of hydrogen-bond donors (Lipinski definition) is 1. The Bertz CT molecular complexity index is 328. The van der Waals surface area contributed by atoms with E-state index in [2.05, 4.69) is 23.5 Å². The van der Waals surface area contributed by atoms with Gasteiger partial charge in [0.15, 0.2) is 0 Å². The monoisotopic (exact) mass is 269 g/mol. The molecule has 0 aliphatic heterocycles. The lowest BCUT2D eigenvalue weighted by atomic mass is 10.1. The first-order chi connectivity index (χ1) is 9.26. The van der Waals surface area contributed by atoms with Crippen molar-refractivity contribution in [1.82, 2.24) is 15.1 Å². The van der Waals surface area contributed by atoms with Crippen LogP contribution in [0, 0.1) is 0 Å². The maximum atomic E-state index is 5.53. The second-order valence-corrected chi connectivity index (χ2v) is 4.71. The van der Waals surface area contributed by atoms with Gasteiger partial charge in [0.1, 0.15) is 0 Å². The Morgan fingerprint density at radius 2 is 2.16 bits per heavy atom. The Hall–Kier alpha value is -0.910. The molecular weight excluding hydrogens is 242 g/mol. The largest absolute Gasteiger partial charge is 0.382 e. The first kappa shape index (κ1) is 16.1. The van der Waals surface area contributed by atoms with E-state index < -0.39 is 0 Å². The fourth-order valence-corrected chi connectivity index (χ4v) is 2.05. The lowest BCUT2D eigenvalue weighted by Gasteiger charge is -2.17. The van der Waals surface area contributed by atoms with Crippen molar-refractivity contribution in [3.63, 3.8) is 0 Å². The fourth-order valence-electron chi connectivity index (χ4n) is 2.05. The second kappa shape index (κ2) is 9.95. The van der Waals surface area contributed by atoms with E-state index in [1.54, 1.807) is 7.11 Å². The minimum Gasteiger partial charge on any atom is -0.382 e. The molecule has 0 fully saturated rings. The average molecular weight is 269 g/mol. The Morgan fingerprint density at radius 3 is 2.79 bits per heavy atom. The van der Waals surface area contributed by atoms with E-state index in [0.717, 1.165) is 32.4 Å². The summed E-state index contributed by atoms with van der Waals surface area (Å²) >= 11 is 0. The van der Waals surface area contributed by atoms with Crippen LogP contribution in [0.4, 0.5) is 0 Å². The van der Waals surface area contributed by atoms with Crippen LogP contribution in [0.2, 0.25) is 0 Å². The normalized spacial score (nSPS) is 12.8. The maximum absolute atomic E-state index is 5.53. The van der Waals surface area contributed by atoms with Gasteiger partial charge in [-0.05, 0) is 31.4 Å². The maximum Gasteiger partial charge on any atom is 0.0700 e. The van der Waals surface area contributed by atoms with Crippen LogP contribution in [0.1, 0.15) is 25.3 Å². The molecule has 0 amide bonds. The molecule has 5 nitrogen and oxygen atoms in total. The SMILES string of the molecule is CCNC(CCOCCOC)CCc1cnn(C)c1. The van der Waals surface area contributed by atoms with Crippen molar-refractivity contribution < 1.29 is 9.47 Å². The van der Waals surface area contributed by atoms with Gasteiger partial charge in [-0.2, -0.15) is 5.10 Å². The molecule has 0 aliphatic rings. The molecule has 0 aromatic carbocycles. The number of hydrogen-bond acceptors (Lipinski definition) is 4. The summed E-state index contributed by atoms with van der Waals surface area (Å²) in [5.74, 6) is 0. The van der Waals surface area contributed by atoms with Gasteiger partial charge in [-0.3, -0.25) is 4.68 Å². The van der Waals surface area contributed by atoms with Crippen molar-refractivity contribution in [3.05, 3.63) is 18.0 Å². The summed E-state index contributed by atoms with van der Waals surface area (Å²) in [5, 5.41) is 7.71. The molecule has 5 heteroatoms. The summed E-state index contributed by atoms with van der Waals surface area (Å²) < 4.78 is 12.3. The third-order valence-corrected chi connectivity index (χ3v) is 3.08. The van der Waals surface area contributed by atoms with E-state index in [9.17, 15) is 0 Å². The number of ether oxygens (including phenoxy) is 2. The molecule has 0 radical (unpaired) electrons. The van der Waals surface area contributed by atoms with E-state index >= 15 is 0 Å². The molecule has 1 heterocycles. The smallest absolute Gasteiger partial charge is 0.0700 e. The van der Waals surface area contributed by atoms with Gasteiger partial charge in [-0.1, -0.05) is 6.92 Å². The van der Waals surface area contributed by atoms with Crippen LogP contribution in [-0.4, -0.2) is 49.3 Å². The van der Waals surface area contributed by atoms with Crippen molar-refractivity contribution >= 4 is 0 Å². The minimum atomic E-state index is 0.507.